The van der Waals surface area contributed by atoms with Crippen molar-refractivity contribution in [1.29, 1.82) is 0 Å². The van der Waals surface area contributed by atoms with Crippen LogP contribution in [0.2, 0.25) is 0 Å². The van der Waals surface area contributed by atoms with Gasteiger partial charge in [0.2, 0.25) is 0 Å². The van der Waals surface area contributed by atoms with Crippen molar-refractivity contribution in [1.82, 2.24) is 0 Å². The summed E-state index contributed by atoms with van der Waals surface area (Å²) in [5.74, 6) is -0.643. The number of carbonyl (C=O) groups excluding carboxylic acids is 1. The smallest absolute Gasteiger partial charge is 0.407 e. The fourth-order valence-electron chi connectivity index (χ4n) is 1.05. The van der Waals surface area contributed by atoms with Crippen molar-refractivity contribution in [3.8, 4) is 5.75 Å². The van der Waals surface area contributed by atoms with Gasteiger partial charge in [0.15, 0.2) is 11.6 Å². The van der Waals surface area contributed by atoms with Crippen molar-refractivity contribution in [2.75, 3.05) is 0 Å². The number of rotatable bonds is 2. The molecule has 0 aliphatic rings. The topological polar surface area (TPSA) is 52.3 Å². The van der Waals surface area contributed by atoms with E-state index in [4.69, 9.17) is 5.73 Å². The van der Waals surface area contributed by atoms with E-state index >= 15 is 0 Å². The molecule has 0 saturated heterocycles. The maximum atomic E-state index is 13.1. The number of amides is 1. The molecular weight excluding hydrogens is 173 g/mol. The lowest BCUT2D eigenvalue weighted by molar-refractivity contribution is 0.208. The molecule has 1 amide bonds. The van der Waals surface area contributed by atoms with Crippen molar-refractivity contribution in [2.24, 2.45) is 5.73 Å². The standard InChI is InChI=1S/C9H10FNO2/c1-2-6-4-3-5-7(10)8(6)13-9(11)12/h3-5H,2H2,1H3,(H2,11,12). The number of nitrogens with two attached hydrogens (primary N) is 1. The first-order valence-electron chi connectivity index (χ1n) is 3.89. The molecule has 0 aliphatic carbocycles. The Morgan fingerprint density at radius 2 is 2.31 bits per heavy atom. The fraction of sp³-hybridized carbons (Fsp3) is 0.222. The summed E-state index contributed by atoms with van der Waals surface area (Å²) in [4.78, 5) is 10.4. The highest BCUT2D eigenvalue weighted by Gasteiger charge is 2.10. The summed E-state index contributed by atoms with van der Waals surface area (Å²) >= 11 is 0. The third kappa shape index (κ3) is 2.18. The Labute approximate surface area is 75.3 Å². The second-order valence-electron chi connectivity index (χ2n) is 2.50. The van der Waals surface area contributed by atoms with Crippen LogP contribution in [0, 0.1) is 5.82 Å². The second-order valence-corrected chi connectivity index (χ2v) is 2.50. The van der Waals surface area contributed by atoms with Crippen LogP contribution >= 0.6 is 0 Å². The van der Waals surface area contributed by atoms with Crippen LogP contribution in [0.15, 0.2) is 18.2 Å². The molecule has 13 heavy (non-hydrogen) atoms. The van der Waals surface area contributed by atoms with Crippen LogP contribution in [0.4, 0.5) is 9.18 Å². The van der Waals surface area contributed by atoms with E-state index < -0.39 is 11.9 Å². The third-order valence-electron chi connectivity index (χ3n) is 1.63. The van der Waals surface area contributed by atoms with Crippen LogP contribution in [0.25, 0.3) is 0 Å². The molecule has 0 radical (unpaired) electrons. The first-order chi connectivity index (χ1) is 6.15. The van der Waals surface area contributed by atoms with Gasteiger partial charge in [-0.05, 0) is 18.1 Å². The van der Waals surface area contributed by atoms with E-state index in [-0.39, 0.29) is 5.75 Å². The number of aryl methyl sites for hydroxylation is 1. The molecule has 0 aliphatic heterocycles. The molecule has 4 heteroatoms. The van der Waals surface area contributed by atoms with Crippen molar-refractivity contribution < 1.29 is 13.9 Å². The van der Waals surface area contributed by atoms with Crippen molar-refractivity contribution in [3.05, 3.63) is 29.6 Å². The van der Waals surface area contributed by atoms with E-state index in [2.05, 4.69) is 4.74 Å². The molecule has 0 saturated carbocycles. The molecule has 3 nitrogen and oxygen atoms in total. The maximum absolute atomic E-state index is 13.1. The van der Waals surface area contributed by atoms with Crippen molar-refractivity contribution in [2.45, 2.75) is 13.3 Å². The van der Waals surface area contributed by atoms with Gasteiger partial charge in [-0.1, -0.05) is 19.1 Å². The highest BCUT2D eigenvalue weighted by molar-refractivity contribution is 5.68. The quantitative estimate of drug-likeness (QED) is 0.760. The number of halogens is 1. The van der Waals surface area contributed by atoms with Gasteiger partial charge in [-0.3, -0.25) is 0 Å². The lowest BCUT2D eigenvalue weighted by Crippen LogP contribution is -2.17. The minimum absolute atomic E-state index is 0.0718. The molecule has 0 unspecified atom stereocenters. The van der Waals surface area contributed by atoms with Crippen LogP contribution in [-0.2, 0) is 6.42 Å². The van der Waals surface area contributed by atoms with Gasteiger partial charge < -0.3 is 10.5 Å². The number of benzene rings is 1. The van der Waals surface area contributed by atoms with Gasteiger partial charge in [0, 0.05) is 0 Å². The summed E-state index contributed by atoms with van der Waals surface area (Å²) in [7, 11) is 0. The number of hydrogen-bond acceptors (Lipinski definition) is 2. The van der Waals surface area contributed by atoms with Gasteiger partial charge in [0.25, 0.3) is 0 Å². The Morgan fingerprint density at radius 1 is 1.62 bits per heavy atom. The highest BCUT2D eigenvalue weighted by Crippen LogP contribution is 2.22. The molecule has 0 fully saturated rings. The largest absolute Gasteiger partial charge is 0.410 e. The monoisotopic (exact) mass is 183 g/mol. The minimum Gasteiger partial charge on any atom is -0.407 e. The zero-order valence-electron chi connectivity index (χ0n) is 7.21. The SMILES string of the molecule is CCc1cccc(F)c1OC(N)=O. The first-order valence-corrected chi connectivity index (χ1v) is 3.89. The summed E-state index contributed by atoms with van der Waals surface area (Å²) in [6, 6.07) is 4.46. The maximum Gasteiger partial charge on any atom is 0.410 e. The number of primary amides is 1. The Morgan fingerprint density at radius 3 is 2.85 bits per heavy atom. The number of carbonyl (C=O) groups is 1. The van der Waals surface area contributed by atoms with Gasteiger partial charge in [0.1, 0.15) is 0 Å². The molecule has 70 valence electrons. The Bertz CT molecular complexity index is 325. The Hall–Kier alpha value is -1.58. The van der Waals surface area contributed by atoms with Gasteiger partial charge in [-0.25, -0.2) is 9.18 Å². The Balaban J connectivity index is 3.07. The average molecular weight is 183 g/mol. The molecule has 0 atom stereocenters. The van der Waals surface area contributed by atoms with E-state index in [1.165, 1.54) is 6.07 Å². The van der Waals surface area contributed by atoms with E-state index in [1.54, 1.807) is 12.1 Å². The minimum atomic E-state index is -1.00. The van der Waals surface area contributed by atoms with Crippen LogP contribution < -0.4 is 10.5 Å². The molecule has 0 aromatic heterocycles. The summed E-state index contributed by atoms with van der Waals surface area (Å²) in [6.45, 7) is 1.84. The molecule has 2 N–H and O–H groups in total. The second kappa shape index (κ2) is 3.89. The van der Waals surface area contributed by atoms with E-state index in [1.807, 2.05) is 6.92 Å². The van der Waals surface area contributed by atoms with Gasteiger partial charge in [0.05, 0.1) is 0 Å². The van der Waals surface area contributed by atoms with Crippen molar-refractivity contribution >= 4 is 6.09 Å². The fourth-order valence-corrected chi connectivity index (χ4v) is 1.05. The molecular formula is C9H10FNO2. The lowest BCUT2D eigenvalue weighted by atomic mass is 10.1. The Kier molecular flexibility index (Phi) is 2.84. The van der Waals surface area contributed by atoms with Crippen LogP contribution in [0.3, 0.4) is 0 Å². The molecule has 0 bridgehead atoms. The first kappa shape index (κ1) is 9.51. The average Bonchev–Trinajstić information content (AvgIpc) is 2.08. The zero-order valence-corrected chi connectivity index (χ0v) is 7.21. The van der Waals surface area contributed by atoms with Crippen LogP contribution in [0.1, 0.15) is 12.5 Å². The van der Waals surface area contributed by atoms with E-state index in [0.29, 0.717) is 12.0 Å². The predicted molar refractivity (Wildman–Crippen MR) is 46.0 cm³/mol. The summed E-state index contributed by atoms with van der Waals surface area (Å²) in [5.41, 5.74) is 5.41. The zero-order chi connectivity index (χ0) is 9.84. The predicted octanol–water partition coefficient (Wildman–Crippen LogP) is 1.85. The normalized spacial score (nSPS) is 9.69. The number of ether oxygens (including phenoxy) is 1. The van der Waals surface area contributed by atoms with Crippen molar-refractivity contribution in [3.63, 3.8) is 0 Å². The van der Waals surface area contributed by atoms with Crippen LogP contribution in [-0.4, -0.2) is 6.09 Å². The lowest BCUT2D eigenvalue weighted by Gasteiger charge is -2.06. The molecule has 0 spiro atoms. The molecule has 1 aromatic carbocycles. The van der Waals surface area contributed by atoms with Gasteiger partial charge >= 0.3 is 6.09 Å². The number of hydrogen-bond donors (Lipinski definition) is 1. The van der Waals surface area contributed by atoms with Crippen LogP contribution in [0.5, 0.6) is 5.75 Å². The molecule has 0 heterocycles. The van der Waals surface area contributed by atoms with Gasteiger partial charge in [-0.2, -0.15) is 0 Å². The summed E-state index contributed by atoms with van der Waals surface area (Å²) in [5, 5.41) is 0. The van der Waals surface area contributed by atoms with E-state index in [9.17, 15) is 9.18 Å². The third-order valence-corrected chi connectivity index (χ3v) is 1.63. The summed E-state index contributed by atoms with van der Waals surface area (Å²) < 4.78 is 17.6. The molecule has 1 aromatic rings. The van der Waals surface area contributed by atoms with E-state index in [0.717, 1.165) is 0 Å². The van der Waals surface area contributed by atoms with Gasteiger partial charge in [-0.15, -0.1) is 0 Å². The number of para-hydroxylation sites is 1. The summed E-state index contributed by atoms with van der Waals surface area (Å²) in [6.07, 6.45) is -0.416. The highest BCUT2D eigenvalue weighted by atomic mass is 19.1. The molecule has 1 rings (SSSR count).